The van der Waals surface area contributed by atoms with E-state index >= 15 is 0 Å². The molecule has 0 aliphatic carbocycles. The molecule has 0 bridgehead atoms. The van der Waals surface area contributed by atoms with Gasteiger partial charge in [-0.2, -0.15) is 5.26 Å². The van der Waals surface area contributed by atoms with Crippen LogP contribution < -0.4 is 5.32 Å². The van der Waals surface area contributed by atoms with Gasteiger partial charge in [-0.25, -0.2) is 4.99 Å². The summed E-state index contributed by atoms with van der Waals surface area (Å²) in [5.41, 5.74) is 2.64. The van der Waals surface area contributed by atoms with Crippen molar-refractivity contribution in [2.75, 3.05) is 6.26 Å². The third kappa shape index (κ3) is 3.35. The molecule has 0 unspecified atom stereocenters. The lowest BCUT2D eigenvalue weighted by molar-refractivity contribution is 0.473. The Kier molecular flexibility index (Phi) is 5.31. The number of rotatable bonds is 2. The second-order valence-electron chi connectivity index (χ2n) is 4.46. The number of phenolic OH excluding ortho intramolecular Hbond substituents is 1. The smallest absolute Gasteiger partial charge is 0.183 e. The van der Waals surface area contributed by atoms with Gasteiger partial charge < -0.3 is 5.11 Å². The lowest BCUT2D eigenvalue weighted by Gasteiger charge is -2.12. The molecule has 0 aromatic heterocycles. The van der Waals surface area contributed by atoms with Gasteiger partial charge in [-0.05, 0) is 24.8 Å². The monoisotopic (exact) mass is 331 g/mol. The maximum atomic E-state index is 10.3. The standard InChI is InChI=1S/C16H14ClN3OS/c1-10-5-3-7-12(15(10)21)11-6-4-8-13(17)14(11)20-16(22-2)19-9-18/h3-8,21H,1-2H3,(H,19,20). The van der Waals surface area contributed by atoms with E-state index in [-0.39, 0.29) is 5.75 Å². The van der Waals surface area contributed by atoms with E-state index in [4.69, 9.17) is 16.9 Å². The molecule has 2 rings (SSSR count). The van der Waals surface area contributed by atoms with Crippen LogP contribution in [0.1, 0.15) is 5.56 Å². The highest BCUT2D eigenvalue weighted by molar-refractivity contribution is 8.13. The fourth-order valence-electron chi connectivity index (χ4n) is 2.00. The average Bonchev–Trinajstić information content (AvgIpc) is 2.51. The number of hydrogen-bond acceptors (Lipinski definition) is 4. The number of thioether (sulfide) groups is 1. The highest BCUT2D eigenvalue weighted by Crippen LogP contribution is 2.41. The Morgan fingerprint density at radius 3 is 2.64 bits per heavy atom. The van der Waals surface area contributed by atoms with E-state index in [2.05, 4.69) is 10.3 Å². The first kappa shape index (κ1) is 16.2. The number of halogens is 1. The fourth-order valence-corrected chi connectivity index (χ4v) is 2.54. The number of phenols is 1. The van der Waals surface area contributed by atoms with Gasteiger partial charge in [-0.1, -0.05) is 53.7 Å². The predicted molar refractivity (Wildman–Crippen MR) is 92.6 cm³/mol. The zero-order valence-corrected chi connectivity index (χ0v) is 13.7. The number of hydrogen-bond donors (Lipinski definition) is 2. The van der Waals surface area contributed by atoms with Crippen LogP contribution in [0.2, 0.25) is 5.02 Å². The van der Waals surface area contributed by atoms with Crippen molar-refractivity contribution in [2.24, 2.45) is 4.99 Å². The summed E-state index contributed by atoms with van der Waals surface area (Å²) in [6.07, 6.45) is 3.65. The van der Waals surface area contributed by atoms with Crippen LogP contribution in [-0.2, 0) is 0 Å². The molecule has 0 fully saturated rings. The van der Waals surface area contributed by atoms with E-state index in [1.807, 2.05) is 43.6 Å². The van der Waals surface area contributed by atoms with Crippen molar-refractivity contribution >= 4 is 34.2 Å². The Hall–Kier alpha value is -2.16. The molecule has 0 spiro atoms. The summed E-state index contributed by atoms with van der Waals surface area (Å²) in [5.74, 6) is 0.195. The molecule has 0 amide bonds. The first-order valence-corrected chi connectivity index (χ1v) is 8.04. The Morgan fingerprint density at radius 1 is 1.27 bits per heavy atom. The largest absolute Gasteiger partial charge is 0.507 e. The summed E-state index contributed by atoms with van der Waals surface area (Å²) in [5, 5.41) is 22.4. The van der Waals surface area contributed by atoms with Crippen molar-refractivity contribution in [1.29, 1.82) is 5.26 Å². The normalized spacial score (nSPS) is 11.1. The van der Waals surface area contributed by atoms with Gasteiger partial charge in [0.1, 0.15) is 5.75 Å². The van der Waals surface area contributed by atoms with Crippen LogP contribution in [0.25, 0.3) is 11.1 Å². The summed E-state index contributed by atoms with van der Waals surface area (Å²) in [7, 11) is 0. The fraction of sp³-hybridized carbons (Fsp3) is 0.125. The molecule has 22 heavy (non-hydrogen) atoms. The zero-order valence-electron chi connectivity index (χ0n) is 12.1. The van der Waals surface area contributed by atoms with Gasteiger partial charge in [0, 0.05) is 11.1 Å². The predicted octanol–water partition coefficient (Wildman–Crippen LogP) is 4.44. The minimum absolute atomic E-state index is 0.195. The molecule has 0 aliphatic rings. The van der Waals surface area contributed by atoms with E-state index in [1.54, 1.807) is 12.1 Å². The molecule has 112 valence electrons. The van der Waals surface area contributed by atoms with E-state index in [0.717, 1.165) is 5.56 Å². The maximum Gasteiger partial charge on any atom is 0.183 e. The van der Waals surface area contributed by atoms with Crippen molar-refractivity contribution in [3.05, 3.63) is 47.0 Å². The maximum absolute atomic E-state index is 10.3. The number of aromatic hydroxyl groups is 1. The summed E-state index contributed by atoms with van der Waals surface area (Å²) in [6, 6.07) is 10.9. The zero-order chi connectivity index (χ0) is 16.1. The van der Waals surface area contributed by atoms with Gasteiger partial charge in [0.25, 0.3) is 0 Å². The van der Waals surface area contributed by atoms with Crippen LogP contribution in [0, 0.1) is 18.4 Å². The molecule has 0 atom stereocenters. The number of aliphatic imine (C=N–C) groups is 1. The first-order valence-electron chi connectivity index (χ1n) is 6.43. The Balaban J connectivity index is 2.66. The van der Waals surface area contributed by atoms with Crippen LogP contribution in [0.3, 0.4) is 0 Å². The highest BCUT2D eigenvalue weighted by Gasteiger charge is 2.14. The third-order valence-electron chi connectivity index (χ3n) is 3.08. The molecule has 0 heterocycles. The average molecular weight is 332 g/mol. The van der Waals surface area contributed by atoms with Gasteiger partial charge in [0.2, 0.25) is 0 Å². The Bertz CT molecular complexity index is 768. The SMILES string of the molecule is CSC(=Nc1c(Cl)cccc1-c1cccc(C)c1O)NC#N. The molecule has 2 aromatic carbocycles. The molecule has 2 aromatic rings. The lowest BCUT2D eigenvalue weighted by atomic mass is 10.0. The van der Waals surface area contributed by atoms with E-state index in [1.165, 1.54) is 11.8 Å². The summed E-state index contributed by atoms with van der Waals surface area (Å²) in [4.78, 5) is 4.42. The number of nitrogens with one attached hydrogen (secondary N) is 1. The number of amidine groups is 1. The van der Waals surface area contributed by atoms with E-state index < -0.39 is 0 Å². The minimum atomic E-state index is 0.195. The van der Waals surface area contributed by atoms with Gasteiger partial charge >= 0.3 is 0 Å². The van der Waals surface area contributed by atoms with E-state index in [0.29, 0.717) is 27.0 Å². The summed E-state index contributed by atoms with van der Waals surface area (Å²) < 4.78 is 0. The molecule has 0 saturated carbocycles. The van der Waals surface area contributed by atoms with Crippen LogP contribution in [-0.4, -0.2) is 16.5 Å². The topological polar surface area (TPSA) is 68.4 Å². The first-order chi connectivity index (χ1) is 10.6. The van der Waals surface area contributed by atoms with Crippen LogP contribution in [0.5, 0.6) is 5.75 Å². The molecule has 2 N–H and O–H groups in total. The second-order valence-corrected chi connectivity index (χ2v) is 5.67. The van der Waals surface area contributed by atoms with Gasteiger partial charge in [-0.15, -0.1) is 0 Å². The lowest BCUT2D eigenvalue weighted by Crippen LogP contribution is -2.12. The minimum Gasteiger partial charge on any atom is -0.507 e. The van der Waals surface area contributed by atoms with Gasteiger partial charge in [0.15, 0.2) is 11.4 Å². The van der Waals surface area contributed by atoms with Crippen molar-refractivity contribution in [3.63, 3.8) is 0 Å². The molecular weight excluding hydrogens is 318 g/mol. The Morgan fingerprint density at radius 2 is 1.95 bits per heavy atom. The number of nitrogens with zero attached hydrogens (tertiary/aromatic N) is 2. The number of benzene rings is 2. The second kappa shape index (κ2) is 7.21. The molecular formula is C16H14ClN3OS. The molecule has 0 aliphatic heterocycles. The molecule has 4 nitrogen and oxygen atoms in total. The van der Waals surface area contributed by atoms with Crippen molar-refractivity contribution in [2.45, 2.75) is 6.92 Å². The van der Waals surface area contributed by atoms with Gasteiger partial charge in [-0.3, -0.25) is 5.32 Å². The number of nitriles is 1. The Labute approximate surface area is 138 Å². The number of aryl methyl sites for hydroxylation is 1. The van der Waals surface area contributed by atoms with Crippen LogP contribution in [0.4, 0.5) is 5.69 Å². The van der Waals surface area contributed by atoms with Crippen LogP contribution in [0.15, 0.2) is 41.4 Å². The molecule has 0 saturated heterocycles. The van der Waals surface area contributed by atoms with E-state index in [9.17, 15) is 5.11 Å². The highest BCUT2D eigenvalue weighted by atomic mass is 35.5. The van der Waals surface area contributed by atoms with Crippen LogP contribution >= 0.6 is 23.4 Å². The quantitative estimate of drug-likeness (QED) is 0.369. The van der Waals surface area contributed by atoms with Gasteiger partial charge in [0.05, 0.1) is 10.7 Å². The third-order valence-corrected chi connectivity index (χ3v) is 3.97. The van der Waals surface area contributed by atoms with Crippen molar-refractivity contribution < 1.29 is 5.11 Å². The van der Waals surface area contributed by atoms with Crippen molar-refractivity contribution in [3.8, 4) is 23.1 Å². The summed E-state index contributed by atoms with van der Waals surface area (Å²) >= 11 is 7.57. The van der Waals surface area contributed by atoms with Crippen molar-refractivity contribution in [1.82, 2.24) is 5.32 Å². The molecule has 6 heteroatoms. The summed E-state index contributed by atoms with van der Waals surface area (Å²) in [6.45, 7) is 1.83. The molecule has 0 radical (unpaired) electrons. The number of para-hydroxylation sites is 2.